The van der Waals surface area contributed by atoms with E-state index >= 15 is 0 Å². The summed E-state index contributed by atoms with van der Waals surface area (Å²) in [6.45, 7) is 9.04. The standard InChI is InChI=1S/C19H18F2N6.C6H12FN.H2/c1-4-11-7-12(15-9-23-18(22)26-27(11)15)13-5-6-14-17(25-13)19(3,8-16(20)21)10(2)24-14;1-8-4-2-3-6(7)5-8;/h4-7,9,16H,1,8H2,2-3H3,(H2,22,26);6H,2-5H2,1H3;1H/t;6-;/m.1./s1. The van der Waals surface area contributed by atoms with Gasteiger partial charge in [-0.3, -0.25) is 4.99 Å². The average Bonchev–Trinajstić information content (AvgIpc) is 3.27. The molecule has 7 nitrogen and oxygen atoms in total. The van der Waals surface area contributed by atoms with Crippen molar-refractivity contribution in [3.05, 3.63) is 42.4 Å². The van der Waals surface area contributed by atoms with Crippen molar-refractivity contribution in [2.45, 2.75) is 51.1 Å². The molecule has 2 N–H and O–H groups in total. The van der Waals surface area contributed by atoms with Crippen molar-refractivity contribution in [1.82, 2.24) is 24.5 Å². The average molecular weight is 488 g/mol. The van der Waals surface area contributed by atoms with Crippen LogP contribution in [0.1, 0.15) is 45.9 Å². The van der Waals surface area contributed by atoms with E-state index in [4.69, 9.17) is 10.7 Å². The van der Waals surface area contributed by atoms with Gasteiger partial charge >= 0.3 is 0 Å². The molecule has 188 valence electrons. The number of nitrogens with two attached hydrogens (primary N) is 1. The van der Waals surface area contributed by atoms with Crippen molar-refractivity contribution < 1.29 is 14.6 Å². The normalized spacial score (nSPS) is 22.0. The summed E-state index contributed by atoms with van der Waals surface area (Å²) in [7, 11) is 1.96. The Balaban J connectivity index is 0.000000344. The van der Waals surface area contributed by atoms with Crippen LogP contribution < -0.4 is 5.73 Å². The van der Waals surface area contributed by atoms with Gasteiger partial charge in [-0.2, -0.15) is 0 Å². The molecule has 5 rings (SSSR count). The third kappa shape index (κ3) is 4.93. The maximum Gasteiger partial charge on any atom is 0.239 e. The fraction of sp³-hybridized carbons (Fsp3) is 0.440. The Labute approximate surface area is 204 Å². The number of hydrogen-bond acceptors (Lipinski definition) is 6. The van der Waals surface area contributed by atoms with E-state index in [-0.39, 0.29) is 13.8 Å². The van der Waals surface area contributed by atoms with Crippen LogP contribution >= 0.6 is 0 Å². The van der Waals surface area contributed by atoms with E-state index in [1.54, 1.807) is 30.6 Å². The van der Waals surface area contributed by atoms with Crippen LogP contribution in [-0.2, 0) is 5.41 Å². The first-order valence-corrected chi connectivity index (χ1v) is 11.6. The van der Waals surface area contributed by atoms with Gasteiger partial charge in [0.1, 0.15) is 6.17 Å². The summed E-state index contributed by atoms with van der Waals surface area (Å²) >= 11 is 0. The number of pyridine rings is 1. The number of nitrogen functional groups attached to an aromatic ring is 1. The predicted molar refractivity (Wildman–Crippen MR) is 135 cm³/mol. The molecule has 2 aliphatic rings. The van der Waals surface area contributed by atoms with Crippen molar-refractivity contribution in [2.75, 3.05) is 25.9 Å². The quantitative estimate of drug-likeness (QED) is 0.538. The van der Waals surface area contributed by atoms with E-state index < -0.39 is 18.0 Å². The number of aromatic nitrogens is 4. The second kappa shape index (κ2) is 9.77. The summed E-state index contributed by atoms with van der Waals surface area (Å²) in [4.78, 5) is 15.3. The minimum Gasteiger partial charge on any atom is -0.367 e. The molecule has 1 fully saturated rings. The molecule has 1 saturated heterocycles. The second-order valence-electron chi connectivity index (χ2n) is 9.29. The molecule has 0 spiro atoms. The molecular weight excluding hydrogens is 455 g/mol. The first-order valence-electron chi connectivity index (χ1n) is 11.6. The van der Waals surface area contributed by atoms with Gasteiger partial charge in [0, 0.05) is 25.7 Å². The molecule has 0 amide bonds. The van der Waals surface area contributed by atoms with Crippen LogP contribution in [-0.4, -0.2) is 62.9 Å². The first-order chi connectivity index (χ1) is 16.6. The SMILES string of the molecule is C=Cc1cc(-c2ccc3c(n2)C(C)(CC(F)F)C(C)=N3)c2cnc(N)nn12.CN1CCC[C@@H](F)C1.[HH]. The molecule has 0 radical (unpaired) electrons. The van der Waals surface area contributed by atoms with Gasteiger partial charge in [0.05, 0.1) is 39.9 Å². The van der Waals surface area contributed by atoms with E-state index in [1.807, 2.05) is 30.1 Å². The second-order valence-corrected chi connectivity index (χ2v) is 9.29. The highest BCUT2D eigenvalue weighted by Gasteiger charge is 2.41. The summed E-state index contributed by atoms with van der Waals surface area (Å²) in [6.07, 6.45) is 1.73. The van der Waals surface area contributed by atoms with Gasteiger partial charge in [0.25, 0.3) is 0 Å². The van der Waals surface area contributed by atoms with Crippen LogP contribution in [0.5, 0.6) is 0 Å². The fourth-order valence-electron chi connectivity index (χ4n) is 4.61. The molecular formula is C25H32F3N7. The van der Waals surface area contributed by atoms with Crippen molar-refractivity contribution in [2.24, 2.45) is 4.99 Å². The van der Waals surface area contributed by atoms with E-state index in [1.165, 1.54) is 0 Å². The zero-order chi connectivity index (χ0) is 25.3. The van der Waals surface area contributed by atoms with Gasteiger partial charge in [0.2, 0.25) is 12.4 Å². The molecule has 2 aliphatic heterocycles. The van der Waals surface area contributed by atoms with Crippen molar-refractivity contribution in [1.29, 1.82) is 0 Å². The molecule has 1 unspecified atom stereocenters. The number of hydrogen-bond donors (Lipinski definition) is 1. The van der Waals surface area contributed by atoms with Gasteiger partial charge in [-0.15, -0.1) is 5.10 Å². The van der Waals surface area contributed by atoms with Gasteiger partial charge in [0.15, 0.2) is 0 Å². The van der Waals surface area contributed by atoms with Crippen molar-refractivity contribution >= 4 is 28.9 Å². The maximum absolute atomic E-state index is 13.2. The third-order valence-corrected chi connectivity index (χ3v) is 6.66. The smallest absolute Gasteiger partial charge is 0.239 e. The molecule has 0 aromatic carbocycles. The molecule has 2 atom stereocenters. The molecule has 0 aliphatic carbocycles. The molecule has 5 heterocycles. The molecule has 3 aromatic heterocycles. The third-order valence-electron chi connectivity index (χ3n) is 6.66. The van der Waals surface area contributed by atoms with E-state index in [0.29, 0.717) is 34.8 Å². The zero-order valence-electron chi connectivity index (χ0n) is 20.2. The predicted octanol–water partition coefficient (Wildman–Crippen LogP) is 5.33. The lowest BCUT2D eigenvalue weighted by molar-refractivity contribution is 0.121. The van der Waals surface area contributed by atoms with Crippen LogP contribution in [0.15, 0.2) is 36.0 Å². The van der Waals surface area contributed by atoms with Crippen LogP contribution in [0.2, 0.25) is 0 Å². The summed E-state index contributed by atoms with van der Waals surface area (Å²) < 4.78 is 40.4. The zero-order valence-corrected chi connectivity index (χ0v) is 20.2. The van der Waals surface area contributed by atoms with Crippen molar-refractivity contribution in [3.63, 3.8) is 0 Å². The number of alkyl halides is 3. The topological polar surface area (TPSA) is 84.7 Å². The number of rotatable bonds is 4. The number of fused-ring (bicyclic) bond motifs is 2. The Morgan fingerprint density at radius 1 is 1.37 bits per heavy atom. The Kier molecular flexibility index (Phi) is 6.93. The highest BCUT2D eigenvalue weighted by Crippen LogP contribution is 2.43. The number of aliphatic imine (C=N–C) groups is 1. The monoisotopic (exact) mass is 487 g/mol. The largest absolute Gasteiger partial charge is 0.367 e. The number of likely N-dealkylation sites (tertiary alicyclic amines) is 1. The molecule has 0 bridgehead atoms. The molecule has 3 aromatic rings. The molecule has 0 saturated carbocycles. The lowest BCUT2D eigenvalue weighted by Gasteiger charge is -2.24. The summed E-state index contributed by atoms with van der Waals surface area (Å²) in [6, 6.07) is 5.51. The van der Waals surface area contributed by atoms with Crippen LogP contribution in [0.25, 0.3) is 22.9 Å². The lowest BCUT2D eigenvalue weighted by Crippen LogP contribution is -2.32. The first kappa shape index (κ1) is 24.8. The van der Waals surface area contributed by atoms with E-state index in [0.717, 1.165) is 30.6 Å². The van der Waals surface area contributed by atoms with Gasteiger partial charge in [-0.1, -0.05) is 6.58 Å². The van der Waals surface area contributed by atoms with Crippen molar-refractivity contribution in [3.8, 4) is 11.3 Å². The summed E-state index contributed by atoms with van der Waals surface area (Å²) in [5.41, 5.74) is 9.49. The molecule has 35 heavy (non-hydrogen) atoms. The summed E-state index contributed by atoms with van der Waals surface area (Å²) in [5, 5.41) is 4.21. The summed E-state index contributed by atoms with van der Waals surface area (Å²) in [5.74, 6) is 0.142. The van der Waals surface area contributed by atoms with E-state index in [2.05, 4.69) is 21.7 Å². The Hall–Kier alpha value is -3.27. The van der Waals surface area contributed by atoms with Gasteiger partial charge < -0.3 is 10.6 Å². The minimum atomic E-state index is -2.45. The highest BCUT2D eigenvalue weighted by molar-refractivity contribution is 5.99. The van der Waals surface area contributed by atoms with Gasteiger partial charge in [-0.25, -0.2) is 27.7 Å². The van der Waals surface area contributed by atoms with Crippen LogP contribution in [0, 0.1) is 0 Å². The fourth-order valence-corrected chi connectivity index (χ4v) is 4.61. The number of halogens is 3. The number of nitrogens with zero attached hydrogens (tertiary/aromatic N) is 6. The van der Waals surface area contributed by atoms with E-state index in [9.17, 15) is 13.2 Å². The minimum absolute atomic E-state index is 0. The lowest BCUT2D eigenvalue weighted by atomic mass is 9.80. The van der Waals surface area contributed by atoms with Crippen LogP contribution in [0.3, 0.4) is 0 Å². The number of piperidine rings is 1. The highest BCUT2D eigenvalue weighted by atomic mass is 19.3. The van der Waals surface area contributed by atoms with Crippen LogP contribution in [0.4, 0.5) is 24.8 Å². The van der Waals surface area contributed by atoms with Gasteiger partial charge in [-0.05, 0) is 64.6 Å². The number of anilines is 1. The Morgan fingerprint density at radius 3 is 2.77 bits per heavy atom. The maximum atomic E-state index is 13.2. The Morgan fingerprint density at radius 2 is 2.14 bits per heavy atom. The Bertz CT molecular complexity index is 1270. The molecule has 10 heteroatoms.